The Morgan fingerprint density at radius 1 is 0.261 bits per heavy atom. The minimum absolute atomic E-state index is 0.0103. The van der Waals surface area contributed by atoms with Gasteiger partial charge in [-0.1, -0.05) is 320 Å². The highest BCUT2D eigenvalue weighted by Crippen LogP contribution is 2.67. The average molecular weight is 1160 g/mol. The molecule has 17 rings (SSSR count). The van der Waals surface area contributed by atoms with Gasteiger partial charge in [-0.15, -0.1) is 0 Å². The van der Waals surface area contributed by atoms with Crippen molar-refractivity contribution in [1.29, 1.82) is 0 Å². The van der Waals surface area contributed by atoms with Gasteiger partial charge in [-0.2, -0.15) is 0 Å². The lowest BCUT2D eigenvalue weighted by molar-refractivity contribution is 0.241. The number of hydrogen-bond donors (Lipinski definition) is 0. The lowest BCUT2D eigenvalue weighted by atomic mass is 9.64. The number of hydrogen-bond acceptors (Lipinski definition) is 0. The SMILES string of the molecule is CC12CCCCC1(C)[Si](c1ccccc1)(c1ccccc1)c1ccc(-c3ccc4c(-c5cccc6ccccc56)c5cc(-c6ccc7c(c6)C6(C)CCCCC6(C)[Si]7(c6ccccc6)c6ccccc6)ccc5c(-c5cccc6ccccc56)c4c3)cc12. The van der Waals surface area contributed by atoms with Crippen molar-refractivity contribution >= 4 is 90.4 Å². The summed E-state index contributed by atoms with van der Waals surface area (Å²) in [5.74, 6) is 0. The third-order valence-electron chi connectivity index (χ3n) is 24.1. The van der Waals surface area contributed by atoms with Crippen LogP contribution in [0.5, 0.6) is 0 Å². The van der Waals surface area contributed by atoms with Crippen LogP contribution in [0.25, 0.3) is 87.6 Å². The molecule has 0 aromatic heterocycles. The average Bonchev–Trinajstić information content (AvgIpc) is 1.58. The van der Waals surface area contributed by atoms with Gasteiger partial charge in [0.15, 0.2) is 16.1 Å². The van der Waals surface area contributed by atoms with Crippen molar-refractivity contribution in [2.45, 2.75) is 100.0 Å². The largest absolute Gasteiger partial charge is 0.155 e. The first-order chi connectivity index (χ1) is 43.1. The molecule has 0 N–H and O–H groups in total. The van der Waals surface area contributed by atoms with E-state index in [0.717, 1.165) is 0 Å². The Morgan fingerprint density at radius 2 is 0.580 bits per heavy atom. The number of fused-ring (bicyclic) bond motifs is 10. The number of benzene rings is 13. The molecule has 0 radical (unpaired) electrons. The van der Waals surface area contributed by atoms with E-state index in [-0.39, 0.29) is 20.9 Å². The van der Waals surface area contributed by atoms with Gasteiger partial charge in [-0.3, -0.25) is 0 Å². The highest BCUT2D eigenvalue weighted by Gasteiger charge is 2.70. The topological polar surface area (TPSA) is 0 Å². The minimum Gasteiger partial charge on any atom is -0.0624 e. The summed E-state index contributed by atoms with van der Waals surface area (Å²) in [7, 11) is -5.18. The Kier molecular flexibility index (Phi) is 12.1. The predicted octanol–water partition coefficient (Wildman–Crippen LogP) is 19.1. The maximum Gasteiger partial charge on any atom is 0.155 e. The van der Waals surface area contributed by atoms with E-state index in [1.54, 1.807) is 21.5 Å². The van der Waals surface area contributed by atoms with E-state index in [1.165, 1.54) is 160 Å². The molecule has 0 nitrogen and oxygen atoms in total. The van der Waals surface area contributed by atoms with E-state index in [1.807, 2.05) is 0 Å². The van der Waals surface area contributed by atoms with Crippen LogP contribution in [-0.4, -0.2) is 16.1 Å². The summed E-state index contributed by atoms with van der Waals surface area (Å²) in [4.78, 5) is 0. The second kappa shape index (κ2) is 19.9. The summed E-state index contributed by atoms with van der Waals surface area (Å²) in [6.07, 6.45) is 9.93. The Hall–Kier alpha value is -8.67. The standard InChI is InChI=1S/C86H74Si2/c1-83-51-21-23-53-85(83,3)87(65-31-9-5-10-32-65,66-33-11-6-12-34-66)79-49-45-63(57-77(79)83)61-43-47-73-75(55-61)81(71-41-25-29-59-27-17-19-39-69(59)71)74-48-44-62(56-76(74)82(73)72-42-26-30-60-28-18-20-40-70(60)72)64-46-50-80-78(58-64)84(2)52-22-24-54-86(84,4)88(80,67-35-13-7-14-36-67)68-37-15-8-16-38-68/h5-20,25-50,55-58H,21-24,51-54H2,1-4H3. The van der Waals surface area contributed by atoms with Crippen LogP contribution in [0.3, 0.4) is 0 Å². The molecule has 2 heterocycles. The molecule has 4 aliphatic rings. The summed E-state index contributed by atoms with van der Waals surface area (Å²) in [6, 6.07) is 110. The molecule has 2 aliphatic carbocycles. The van der Waals surface area contributed by atoms with Gasteiger partial charge in [-0.05, 0) is 189 Å². The molecule has 13 aromatic rings. The molecule has 13 aromatic carbocycles. The summed E-state index contributed by atoms with van der Waals surface area (Å²) in [5, 5.41) is 19.7. The summed E-state index contributed by atoms with van der Waals surface area (Å²) in [5.41, 5.74) is 13.5. The van der Waals surface area contributed by atoms with Gasteiger partial charge < -0.3 is 0 Å². The number of rotatable bonds is 8. The third kappa shape index (κ3) is 7.13. The summed E-state index contributed by atoms with van der Waals surface area (Å²) < 4.78 is 0. The molecule has 0 amide bonds. The van der Waals surface area contributed by atoms with Gasteiger partial charge in [0.1, 0.15) is 0 Å². The van der Waals surface area contributed by atoms with Crippen LogP contribution in [0.15, 0.2) is 279 Å². The van der Waals surface area contributed by atoms with Crippen LogP contribution >= 0.6 is 0 Å². The van der Waals surface area contributed by atoms with Crippen LogP contribution in [-0.2, 0) is 10.8 Å². The minimum atomic E-state index is -2.59. The monoisotopic (exact) mass is 1160 g/mol. The van der Waals surface area contributed by atoms with E-state index in [9.17, 15) is 0 Å². The van der Waals surface area contributed by atoms with Crippen LogP contribution in [0, 0.1) is 0 Å². The Balaban J connectivity index is 0.929. The van der Waals surface area contributed by atoms with Crippen molar-refractivity contribution in [3.63, 3.8) is 0 Å². The highest BCUT2D eigenvalue weighted by molar-refractivity contribution is 7.15. The molecule has 4 atom stereocenters. The van der Waals surface area contributed by atoms with Crippen molar-refractivity contribution in [3.8, 4) is 44.5 Å². The molecule has 4 unspecified atom stereocenters. The first-order valence-corrected chi connectivity index (χ1v) is 36.7. The zero-order valence-corrected chi connectivity index (χ0v) is 53.2. The summed E-state index contributed by atoms with van der Waals surface area (Å²) >= 11 is 0. The van der Waals surface area contributed by atoms with Gasteiger partial charge >= 0.3 is 0 Å². The predicted molar refractivity (Wildman–Crippen MR) is 382 cm³/mol. The Morgan fingerprint density at radius 3 is 0.966 bits per heavy atom. The maximum absolute atomic E-state index is 2.71. The van der Waals surface area contributed by atoms with E-state index in [2.05, 4.69) is 307 Å². The molecule has 2 fully saturated rings. The maximum atomic E-state index is 2.71. The molecule has 2 aliphatic heterocycles. The van der Waals surface area contributed by atoms with Crippen molar-refractivity contribution in [2.24, 2.45) is 0 Å². The fourth-order valence-electron chi connectivity index (χ4n) is 19.7. The molecule has 0 bridgehead atoms. The van der Waals surface area contributed by atoms with Crippen molar-refractivity contribution in [1.82, 2.24) is 0 Å². The Bertz CT molecular complexity index is 4530. The van der Waals surface area contributed by atoms with Crippen molar-refractivity contribution in [2.75, 3.05) is 0 Å². The van der Waals surface area contributed by atoms with Gasteiger partial charge in [0.2, 0.25) is 0 Å². The van der Waals surface area contributed by atoms with E-state index in [4.69, 9.17) is 0 Å². The first-order valence-electron chi connectivity index (χ1n) is 32.7. The van der Waals surface area contributed by atoms with Crippen molar-refractivity contribution in [3.05, 3.63) is 290 Å². The molecule has 2 heteroatoms. The van der Waals surface area contributed by atoms with Crippen LogP contribution in [0.4, 0.5) is 0 Å². The molecule has 0 spiro atoms. The molecule has 0 saturated heterocycles. The fraction of sp³-hybridized carbons (Fsp3) is 0.186. The smallest absolute Gasteiger partial charge is 0.0624 e. The van der Waals surface area contributed by atoms with Crippen molar-refractivity contribution < 1.29 is 0 Å². The normalized spacial score (nSPS) is 22.3. The third-order valence-corrected chi connectivity index (χ3v) is 36.3. The van der Waals surface area contributed by atoms with E-state index in [0.29, 0.717) is 0 Å². The summed E-state index contributed by atoms with van der Waals surface area (Å²) in [6.45, 7) is 10.7. The van der Waals surface area contributed by atoms with Gasteiger partial charge in [-0.25, -0.2) is 0 Å². The van der Waals surface area contributed by atoms with Gasteiger partial charge in [0.25, 0.3) is 0 Å². The second-order valence-electron chi connectivity index (χ2n) is 27.6. The lowest BCUT2D eigenvalue weighted by Gasteiger charge is -2.54. The fourth-order valence-corrected chi connectivity index (χ4v) is 33.6. The zero-order valence-electron chi connectivity index (χ0n) is 51.2. The van der Waals surface area contributed by atoms with Crippen LogP contribution < -0.4 is 31.1 Å². The molecular weight excluding hydrogens is 1090 g/mol. The van der Waals surface area contributed by atoms with E-state index < -0.39 is 16.1 Å². The Labute approximate surface area is 521 Å². The lowest BCUT2D eigenvalue weighted by Crippen LogP contribution is -2.72. The quantitative estimate of drug-likeness (QED) is 0.105. The second-order valence-corrected chi connectivity index (χ2v) is 36.1. The highest BCUT2D eigenvalue weighted by atomic mass is 28.3. The van der Waals surface area contributed by atoms with E-state index >= 15 is 0 Å². The molecular formula is C86H74Si2. The zero-order chi connectivity index (χ0) is 59.0. The first kappa shape index (κ1) is 53.6. The van der Waals surface area contributed by atoms with Gasteiger partial charge in [0.05, 0.1) is 0 Å². The molecule has 88 heavy (non-hydrogen) atoms. The molecule has 426 valence electrons. The molecule has 2 saturated carbocycles. The van der Waals surface area contributed by atoms with Gasteiger partial charge in [0, 0.05) is 0 Å². The van der Waals surface area contributed by atoms with Crippen LogP contribution in [0.1, 0.15) is 90.2 Å². The van der Waals surface area contributed by atoms with Crippen LogP contribution in [0.2, 0.25) is 10.1 Å².